The predicted molar refractivity (Wildman–Crippen MR) is 87.5 cm³/mol. The summed E-state index contributed by atoms with van der Waals surface area (Å²) >= 11 is 0. The number of nitrogens with one attached hydrogen (secondary N) is 2. The van der Waals surface area contributed by atoms with Crippen LogP contribution in [0, 0.1) is 11.8 Å². The molecule has 0 unspecified atom stereocenters. The van der Waals surface area contributed by atoms with Gasteiger partial charge in [-0.05, 0) is 31.8 Å². The summed E-state index contributed by atoms with van der Waals surface area (Å²) in [5.41, 5.74) is 0. The summed E-state index contributed by atoms with van der Waals surface area (Å²) in [6, 6.07) is 0. The van der Waals surface area contributed by atoms with Crippen LogP contribution in [0.3, 0.4) is 0 Å². The Morgan fingerprint density at radius 1 is 1.32 bits per heavy atom. The molecule has 0 aliphatic carbocycles. The van der Waals surface area contributed by atoms with Crippen LogP contribution in [0.1, 0.15) is 26.7 Å². The molecule has 1 amide bonds. The van der Waals surface area contributed by atoms with E-state index in [1.165, 1.54) is 0 Å². The largest absolute Gasteiger partial charge is 0.367 e. The van der Waals surface area contributed by atoms with E-state index in [2.05, 4.69) is 39.3 Å². The molecule has 1 saturated heterocycles. The molecule has 1 fully saturated rings. The molecule has 0 spiro atoms. The lowest BCUT2D eigenvalue weighted by Crippen LogP contribution is -2.42. The topological polar surface area (TPSA) is 70.2 Å². The van der Waals surface area contributed by atoms with Crippen LogP contribution in [-0.4, -0.2) is 53.5 Å². The van der Waals surface area contributed by atoms with E-state index in [0.29, 0.717) is 19.0 Å². The summed E-state index contributed by atoms with van der Waals surface area (Å²) in [6.07, 6.45) is 6.89. The van der Waals surface area contributed by atoms with Crippen molar-refractivity contribution in [3.8, 4) is 0 Å². The number of carbonyl (C=O) groups is 1. The zero-order chi connectivity index (χ0) is 15.8. The van der Waals surface area contributed by atoms with Crippen molar-refractivity contribution in [1.29, 1.82) is 0 Å². The fourth-order valence-electron chi connectivity index (χ4n) is 2.81. The molecule has 0 atom stereocenters. The maximum Gasteiger partial charge on any atom is 0.223 e. The Hall–Kier alpha value is -1.69. The Kier molecular flexibility index (Phi) is 6.58. The minimum Gasteiger partial charge on any atom is -0.367 e. The number of amides is 1. The van der Waals surface area contributed by atoms with Gasteiger partial charge in [-0.15, -0.1) is 0 Å². The van der Waals surface area contributed by atoms with Gasteiger partial charge in [0.25, 0.3) is 0 Å². The number of likely N-dealkylation sites (tertiary alicyclic amines) is 1. The fraction of sp³-hybridized carbons (Fsp3) is 0.688. The van der Waals surface area contributed by atoms with E-state index in [1.54, 1.807) is 18.6 Å². The molecule has 0 aromatic carbocycles. The Bertz CT molecular complexity index is 443. The van der Waals surface area contributed by atoms with Gasteiger partial charge < -0.3 is 15.5 Å². The van der Waals surface area contributed by atoms with E-state index < -0.39 is 0 Å². The normalized spacial score (nSPS) is 16.7. The molecule has 1 aromatic heterocycles. The molecule has 2 N–H and O–H groups in total. The lowest BCUT2D eigenvalue weighted by Gasteiger charge is -2.32. The smallest absolute Gasteiger partial charge is 0.223 e. The molecule has 2 heterocycles. The van der Waals surface area contributed by atoms with Gasteiger partial charge in [0.2, 0.25) is 5.91 Å². The van der Waals surface area contributed by atoms with E-state index in [1.807, 2.05) is 0 Å². The third-order valence-corrected chi connectivity index (χ3v) is 3.88. The zero-order valence-corrected chi connectivity index (χ0v) is 13.6. The first-order chi connectivity index (χ1) is 10.6. The number of aromatic nitrogens is 2. The minimum absolute atomic E-state index is 0.167. The SMILES string of the molecule is CC(C)CN1CCC(C(=O)NCCNc2cnccn2)CC1. The van der Waals surface area contributed by atoms with Gasteiger partial charge in [0.1, 0.15) is 5.82 Å². The molecule has 1 aliphatic heterocycles. The first-order valence-corrected chi connectivity index (χ1v) is 8.15. The highest BCUT2D eigenvalue weighted by molar-refractivity contribution is 5.78. The third-order valence-electron chi connectivity index (χ3n) is 3.88. The van der Waals surface area contributed by atoms with Crippen LogP contribution in [0.2, 0.25) is 0 Å². The van der Waals surface area contributed by atoms with Gasteiger partial charge in [-0.25, -0.2) is 4.98 Å². The molecular formula is C16H27N5O. The fourth-order valence-corrected chi connectivity index (χ4v) is 2.81. The molecule has 0 saturated carbocycles. The summed E-state index contributed by atoms with van der Waals surface area (Å²) in [4.78, 5) is 22.7. The average Bonchev–Trinajstić information content (AvgIpc) is 2.52. The van der Waals surface area contributed by atoms with Gasteiger partial charge in [0.15, 0.2) is 0 Å². The van der Waals surface area contributed by atoms with Crippen molar-refractivity contribution in [3.63, 3.8) is 0 Å². The predicted octanol–water partition coefficient (Wildman–Crippen LogP) is 1.37. The van der Waals surface area contributed by atoms with Gasteiger partial charge in [-0.1, -0.05) is 13.8 Å². The van der Waals surface area contributed by atoms with Gasteiger partial charge in [0.05, 0.1) is 6.20 Å². The highest BCUT2D eigenvalue weighted by Crippen LogP contribution is 2.18. The Balaban J connectivity index is 1.60. The standard InChI is InChI=1S/C16H27N5O/c1-13(2)12-21-9-3-14(4-10-21)16(22)20-8-7-19-15-11-17-5-6-18-15/h5-6,11,13-14H,3-4,7-10,12H2,1-2H3,(H,18,19)(H,20,22). The lowest BCUT2D eigenvalue weighted by molar-refractivity contribution is -0.126. The maximum atomic E-state index is 12.2. The number of nitrogens with zero attached hydrogens (tertiary/aromatic N) is 3. The summed E-state index contributed by atoms with van der Waals surface area (Å²) in [5.74, 6) is 1.78. The molecule has 2 rings (SSSR count). The number of hydrogen-bond donors (Lipinski definition) is 2. The van der Waals surface area contributed by atoms with Crippen LogP contribution in [0.15, 0.2) is 18.6 Å². The molecule has 6 heteroatoms. The van der Waals surface area contributed by atoms with Gasteiger partial charge in [-0.3, -0.25) is 9.78 Å². The maximum absolute atomic E-state index is 12.2. The van der Waals surface area contributed by atoms with Crippen molar-refractivity contribution in [1.82, 2.24) is 20.2 Å². The molecule has 1 aromatic rings. The van der Waals surface area contributed by atoms with Crippen LogP contribution in [-0.2, 0) is 4.79 Å². The molecule has 122 valence electrons. The Morgan fingerprint density at radius 3 is 2.73 bits per heavy atom. The third kappa shape index (κ3) is 5.60. The first-order valence-electron chi connectivity index (χ1n) is 8.15. The van der Waals surface area contributed by atoms with E-state index in [9.17, 15) is 4.79 Å². The van der Waals surface area contributed by atoms with Crippen LogP contribution in [0.25, 0.3) is 0 Å². The number of rotatable bonds is 7. The summed E-state index contributed by atoms with van der Waals surface area (Å²) in [5, 5.41) is 6.15. The summed E-state index contributed by atoms with van der Waals surface area (Å²) in [7, 11) is 0. The van der Waals surface area contributed by atoms with Crippen molar-refractivity contribution in [2.24, 2.45) is 11.8 Å². The monoisotopic (exact) mass is 305 g/mol. The number of piperidine rings is 1. The zero-order valence-electron chi connectivity index (χ0n) is 13.6. The highest BCUT2D eigenvalue weighted by Gasteiger charge is 2.24. The molecular weight excluding hydrogens is 278 g/mol. The highest BCUT2D eigenvalue weighted by atomic mass is 16.1. The van der Waals surface area contributed by atoms with Crippen molar-refractivity contribution in [2.75, 3.05) is 38.0 Å². The lowest BCUT2D eigenvalue weighted by atomic mass is 9.95. The average molecular weight is 305 g/mol. The van der Waals surface area contributed by atoms with Crippen LogP contribution >= 0.6 is 0 Å². The van der Waals surface area contributed by atoms with E-state index >= 15 is 0 Å². The molecule has 0 radical (unpaired) electrons. The second-order valence-corrected chi connectivity index (χ2v) is 6.28. The Labute approximate surface area is 132 Å². The summed E-state index contributed by atoms with van der Waals surface area (Å²) < 4.78 is 0. The second-order valence-electron chi connectivity index (χ2n) is 6.28. The van der Waals surface area contributed by atoms with E-state index in [0.717, 1.165) is 38.3 Å². The van der Waals surface area contributed by atoms with Crippen LogP contribution < -0.4 is 10.6 Å². The van der Waals surface area contributed by atoms with Crippen molar-refractivity contribution < 1.29 is 4.79 Å². The quantitative estimate of drug-likeness (QED) is 0.745. The van der Waals surface area contributed by atoms with Gasteiger partial charge >= 0.3 is 0 Å². The van der Waals surface area contributed by atoms with Gasteiger partial charge in [-0.2, -0.15) is 0 Å². The second kappa shape index (κ2) is 8.68. The van der Waals surface area contributed by atoms with Crippen LogP contribution in [0.4, 0.5) is 5.82 Å². The summed E-state index contributed by atoms with van der Waals surface area (Å²) in [6.45, 7) is 8.96. The van der Waals surface area contributed by atoms with Crippen molar-refractivity contribution >= 4 is 11.7 Å². The van der Waals surface area contributed by atoms with Crippen molar-refractivity contribution in [3.05, 3.63) is 18.6 Å². The van der Waals surface area contributed by atoms with Crippen LogP contribution in [0.5, 0.6) is 0 Å². The number of hydrogen-bond acceptors (Lipinski definition) is 5. The molecule has 22 heavy (non-hydrogen) atoms. The molecule has 6 nitrogen and oxygen atoms in total. The van der Waals surface area contributed by atoms with Gasteiger partial charge in [0, 0.05) is 37.9 Å². The van der Waals surface area contributed by atoms with E-state index in [-0.39, 0.29) is 11.8 Å². The number of carbonyl (C=O) groups excluding carboxylic acids is 1. The van der Waals surface area contributed by atoms with E-state index in [4.69, 9.17) is 0 Å². The Morgan fingerprint density at radius 2 is 2.09 bits per heavy atom. The molecule has 1 aliphatic rings. The number of anilines is 1. The first kappa shape index (κ1) is 16.7. The van der Waals surface area contributed by atoms with Crippen molar-refractivity contribution in [2.45, 2.75) is 26.7 Å². The molecule has 0 bridgehead atoms. The minimum atomic E-state index is 0.167.